The quantitative estimate of drug-likeness (QED) is 0.753. The molecule has 0 aliphatic carbocycles. The fourth-order valence-corrected chi connectivity index (χ4v) is 3.11. The first kappa shape index (κ1) is 15.8. The molecule has 102 valence electrons. The van der Waals surface area contributed by atoms with E-state index < -0.39 is 10.0 Å². The number of sulfonamides is 1. The van der Waals surface area contributed by atoms with Crippen LogP contribution in [0.5, 0.6) is 0 Å². The van der Waals surface area contributed by atoms with Crippen LogP contribution in [0, 0.1) is 0 Å². The van der Waals surface area contributed by atoms with Gasteiger partial charge in [0.05, 0.1) is 4.90 Å². The standard InChI is InChI=1S/C11H17ClN2O2S2/c1-13-8-9-7-10(3-4-11(9)12)18(15,16)14-5-6-17-2/h3-4,7,13-14H,5-6,8H2,1-2H3. The van der Waals surface area contributed by atoms with Crippen LogP contribution < -0.4 is 10.0 Å². The van der Waals surface area contributed by atoms with Crippen LogP contribution in [0.25, 0.3) is 0 Å². The molecule has 7 heteroatoms. The molecular weight excluding hydrogens is 292 g/mol. The summed E-state index contributed by atoms with van der Waals surface area (Å²) in [5.41, 5.74) is 0.770. The molecule has 1 rings (SSSR count). The van der Waals surface area contributed by atoms with Crippen LogP contribution in [0.1, 0.15) is 5.56 Å². The molecule has 2 N–H and O–H groups in total. The van der Waals surface area contributed by atoms with Crippen molar-refractivity contribution in [1.82, 2.24) is 10.0 Å². The van der Waals surface area contributed by atoms with Gasteiger partial charge in [-0.1, -0.05) is 11.6 Å². The zero-order chi connectivity index (χ0) is 13.6. The van der Waals surface area contributed by atoms with Crippen molar-refractivity contribution in [3.8, 4) is 0 Å². The first-order chi connectivity index (χ1) is 8.51. The smallest absolute Gasteiger partial charge is 0.240 e. The molecule has 0 heterocycles. The molecule has 0 aromatic heterocycles. The Labute approximate surface area is 118 Å². The molecule has 0 radical (unpaired) electrons. The Hall–Kier alpha value is -0.270. The molecule has 4 nitrogen and oxygen atoms in total. The summed E-state index contributed by atoms with van der Waals surface area (Å²) in [7, 11) is -1.65. The molecule has 0 aliphatic rings. The molecule has 0 atom stereocenters. The molecule has 18 heavy (non-hydrogen) atoms. The SMILES string of the molecule is CNCc1cc(S(=O)(=O)NCCSC)ccc1Cl. The summed E-state index contributed by atoms with van der Waals surface area (Å²) in [6.45, 7) is 0.959. The molecule has 1 aromatic rings. The number of hydrogen-bond donors (Lipinski definition) is 2. The minimum absolute atomic E-state index is 0.248. The molecular formula is C11H17ClN2O2S2. The third kappa shape index (κ3) is 4.44. The van der Waals surface area contributed by atoms with Gasteiger partial charge in [0.1, 0.15) is 0 Å². The molecule has 0 aliphatic heterocycles. The fraction of sp³-hybridized carbons (Fsp3) is 0.455. The maximum atomic E-state index is 12.0. The van der Waals surface area contributed by atoms with E-state index >= 15 is 0 Å². The second kappa shape index (κ2) is 7.35. The normalized spacial score (nSPS) is 11.7. The number of rotatable bonds is 7. The lowest BCUT2D eigenvalue weighted by Gasteiger charge is -2.09. The Kier molecular flexibility index (Phi) is 6.45. The summed E-state index contributed by atoms with van der Waals surface area (Å²) in [4.78, 5) is 0.248. The Morgan fingerprint density at radius 1 is 1.39 bits per heavy atom. The van der Waals surface area contributed by atoms with Crippen molar-refractivity contribution in [2.45, 2.75) is 11.4 Å². The average molecular weight is 309 g/mol. The van der Waals surface area contributed by atoms with Crippen LogP contribution in [0.15, 0.2) is 23.1 Å². The summed E-state index contributed by atoms with van der Waals surface area (Å²) >= 11 is 7.59. The van der Waals surface area contributed by atoms with E-state index in [0.29, 0.717) is 18.1 Å². The van der Waals surface area contributed by atoms with Crippen LogP contribution >= 0.6 is 23.4 Å². The third-order valence-electron chi connectivity index (χ3n) is 2.29. The van der Waals surface area contributed by atoms with E-state index in [0.717, 1.165) is 11.3 Å². The molecule has 0 saturated carbocycles. The molecule has 0 bridgehead atoms. The Morgan fingerprint density at radius 2 is 2.11 bits per heavy atom. The summed E-state index contributed by atoms with van der Waals surface area (Å²) in [6.07, 6.45) is 1.93. The summed E-state index contributed by atoms with van der Waals surface area (Å²) in [5, 5.41) is 3.52. The summed E-state index contributed by atoms with van der Waals surface area (Å²) in [6, 6.07) is 4.72. The number of benzene rings is 1. The van der Waals surface area contributed by atoms with Crippen molar-refractivity contribution in [3.05, 3.63) is 28.8 Å². The molecule has 0 spiro atoms. The first-order valence-corrected chi connectivity index (χ1v) is 8.68. The highest BCUT2D eigenvalue weighted by molar-refractivity contribution is 7.98. The second-order valence-corrected chi connectivity index (χ2v) is 6.83. The van der Waals surface area contributed by atoms with Crippen LogP contribution in [-0.2, 0) is 16.6 Å². The monoisotopic (exact) mass is 308 g/mol. The van der Waals surface area contributed by atoms with Gasteiger partial charge in [-0.05, 0) is 37.1 Å². The van der Waals surface area contributed by atoms with E-state index in [-0.39, 0.29) is 4.90 Å². The fourth-order valence-electron chi connectivity index (χ4n) is 1.41. The highest BCUT2D eigenvalue weighted by Gasteiger charge is 2.14. The van der Waals surface area contributed by atoms with Gasteiger partial charge in [0.15, 0.2) is 0 Å². The lowest BCUT2D eigenvalue weighted by Crippen LogP contribution is -2.26. The van der Waals surface area contributed by atoms with Crippen LogP contribution in [-0.4, -0.2) is 34.0 Å². The van der Waals surface area contributed by atoms with E-state index in [1.807, 2.05) is 6.26 Å². The van der Waals surface area contributed by atoms with Crippen molar-refractivity contribution < 1.29 is 8.42 Å². The maximum absolute atomic E-state index is 12.0. The lowest BCUT2D eigenvalue weighted by molar-refractivity contribution is 0.584. The Balaban J connectivity index is 2.91. The molecule has 0 unspecified atom stereocenters. The highest BCUT2D eigenvalue weighted by atomic mass is 35.5. The zero-order valence-corrected chi connectivity index (χ0v) is 12.8. The molecule has 0 saturated heterocycles. The minimum atomic E-state index is -3.44. The van der Waals surface area contributed by atoms with Crippen molar-refractivity contribution in [2.75, 3.05) is 25.6 Å². The summed E-state index contributed by atoms with van der Waals surface area (Å²) < 4.78 is 26.5. The maximum Gasteiger partial charge on any atom is 0.240 e. The van der Waals surface area contributed by atoms with Gasteiger partial charge in [-0.2, -0.15) is 11.8 Å². The number of nitrogens with one attached hydrogen (secondary N) is 2. The van der Waals surface area contributed by atoms with Crippen LogP contribution in [0.2, 0.25) is 5.02 Å². The van der Waals surface area contributed by atoms with E-state index in [1.54, 1.807) is 30.9 Å². The van der Waals surface area contributed by atoms with Gasteiger partial charge in [0, 0.05) is 23.9 Å². The zero-order valence-electron chi connectivity index (χ0n) is 10.4. The first-order valence-electron chi connectivity index (χ1n) is 5.43. The summed E-state index contributed by atoms with van der Waals surface area (Å²) in [5.74, 6) is 0.746. The van der Waals surface area contributed by atoms with Gasteiger partial charge in [0.2, 0.25) is 10.0 Å². The van der Waals surface area contributed by atoms with E-state index in [1.165, 1.54) is 6.07 Å². The number of hydrogen-bond acceptors (Lipinski definition) is 4. The van der Waals surface area contributed by atoms with Crippen molar-refractivity contribution in [3.63, 3.8) is 0 Å². The Bertz CT molecular complexity index is 492. The molecule has 1 aromatic carbocycles. The van der Waals surface area contributed by atoms with Gasteiger partial charge in [0.25, 0.3) is 0 Å². The van der Waals surface area contributed by atoms with E-state index in [2.05, 4.69) is 10.0 Å². The lowest BCUT2D eigenvalue weighted by atomic mass is 10.2. The largest absolute Gasteiger partial charge is 0.316 e. The molecule has 0 amide bonds. The number of halogens is 1. The highest BCUT2D eigenvalue weighted by Crippen LogP contribution is 2.20. The molecule has 0 fully saturated rings. The van der Waals surface area contributed by atoms with Gasteiger partial charge in [-0.25, -0.2) is 13.1 Å². The van der Waals surface area contributed by atoms with Gasteiger partial charge in [-0.3, -0.25) is 0 Å². The predicted molar refractivity (Wildman–Crippen MR) is 77.8 cm³/mol. The van der Waals surface area contributed by atoms with Crippen LogP contribution in [0.4, 0.5) is 0 Å². The van der Waals surface area contributed by atoms with Crippen molar-refractivity contribution in [2.24, 2.45) is 0 Å². The second-order valence-electron chi connectivity index (χ2n) is 3.67. The van der Waals surface area contributed by atoms with E-state index in [9.17, 15) is 8.42 Å². The topological polar surface area (TPSA) is 58.2 Å². The Morgan fingerprint density at radius 3 is 2.72 bits per heavy atom. The minimum Gasteiger partial charge on any atom is -0.316 e. The average Bonchev–Trinajstić information content (AvgIpc) is 2.32. The van der Waals surface area contributed by atoms with Crippen molar-refractivity contribution in [1.29, 1.82) is 0 Å². The number of thioether (sulfide) groups is 1. The van der Waals surface area contributed by atoms with Gasteiger partial charge >= 0.3 is 0 Å². The predicted octanol–water partition coefficient (Wildman–Crippen LogP) is 1.70. The third-order valence-corrected chi connectivity index (χ3v) is 4.73. The van der Waals surface area contributed by atoms with Crippen LogP contribution in [0.3, 0.4) is 0 Å². The van der Waals surface area contributed by atoms with Gasteiger partial charge < -0.3 is 5.32 Å². The van der Waals surface area contributed by atoms with Crippen molar-refractivity contribution >= 4 is 33.4 Å². The van der Waals surface area contributed by atoms with Gasteiger partial charge in [-0.15, -0.1) is 0 Å². The van der Waals surface area contributed by atoms with E-state index in [4.69, 9.17) is 11.6 Å².